The molecule has 346 valence electrons. The number of ether oxygens (including phenoxy) is 1. The highest BCUT2D eigenvalue weighted by atomic mass is 16.5. The van der Waals surface area contributed by atoms with E-state index in [1.54, 1.807) is 0 Å². The first-order valence-corrected chi connectivity index (χ1v) is 24.4. The molecule has 0 saturated heterocycles. The summed E-state index contributed by atoms with van der Waals surface area (Å²) in [5.41, 5.74) is 13.5. The number of rotatable bonds is 10. The Morgan fingerprint density at radius 1 is 0.435 bits per heavy atom. The third-order valence-corrected chi connectivity index (χ3v) is 14.4. The molecule has 0 atom stereocenters. The quantitative estimate of drug-likeness (QED) is 0.137. The minimum absolute atomic E-state index is 0.0447. The fourth-order valence-corrected chi connectivity index (χ4v) is 9.97. The second kappa shape index (κ2) is 17.3. The van der Waals surface area contributed by atoms with Gasteiger partial charge in [-0.2, -0.15) is 0 Å². The molecule has 1 aliphatic rings. The molecule has 2 aromatic heterocycles. The van der Waals surface area contributed by atoms with Crippen molar-refractivity contribution in [3.8, 4) is 28.4 Å². The molecule has 9 aromatic rings. The van der Waals surface area contributed by atoms with Crippen LogP contribution in [0.25, 0.3) is 38.8 Å². The largest absolute Gasteiger partial charge is 0.457 e. The molecule has 5 heteroatoms. The third kappa shape index (κ3) is 8.72. The van der Waals surface area contributed by atoms with Crippen molar-refractivity contribution in [1.29, 1.82) is 0 Å². The van der Waals surface area contributed by atoms with Crippen molar-refractivity contribution in [1.82, 2.24) is 9.55 Å². The van der Waals surface area contributed by atoms with Crippen molar-refractivity contribution >= 4 is 33.2 Å². The van der Waals surface area contributed by atoms with Gasteiger partial charge in [0.25, 0.3) is 0 Å². The second-order valence-corrected chi connectivity index (χ2v) is 21.9. The smallest absolute Gasteiger partial charge is 0.137 e. The molecule has 3 heterocycles. The van der Waals surface area contributed by atoms with Crippen LogP contribution in [-0.4, -0.2) is 16.2 Å². The van der Waals surface area contributed by atoms with Gasteiger partial charge in [-0.1, -0.05) is 184 Å². The van der Waals surface area contributed by atoms with Gasteiger partial charge in [-0.3, -0.25) is 4.57 Å². The van der Waals surface area contributed by atoms with E-state index in [2.05, 4.69) is 272 Å². The first-order valence-electron chi connectivity index (χ1n) is 24.4. The summed E-state index contributed by atoms with van der Waals surface area (Å²) in [5.74, 6) is 2.46. The molecule has 0 saturated carbocycles. The number of hydrogen-bond acceptors (Lipinski definition) is 4. The predicted molar refractivity (Wildman–Crippen MR) is 290 cm³/mol. The van der Waals surface area contributed by atoms with Gasteiger partial charge in [0, 0.05) is 63.7 Å². The van der Waals surface area contributed by atoms with E-state index in [0.717, 1.165) is 39.7 Å². The summed E-state index contributed by atoms with van der Waals surface area (Å²) >= 11 is 0. The summed E-state index contributed by atoms with van der Waals surface area (Å²) in [6.45, 7) is 23.6. The molecule has 0 unspecified atom stereocenters. The van der Waals surface area contributed by atoms with Crippen molar-refractivity contribution in [3.63, 3.8) is 0 Å². The Balaban J connectivity index is 1.08. The van der Waals surface area contributed by atoms with Crippen LogP contribution in [0.5, 0.6) is 11.5 Å². The fraction of sp³-hybridized carbons (Fsp3) is 0.234. The Bertz CT molecular complexity index is 3350. The van der Waals surface area contributed by atoms with Crippen LogP contribution in [0.3, 0.4) is 0 Å². The molecule has 0 aliphatic carbocycles. The van der Waals surface area contributed by atoms with Gasteiger partial charge in [0.15, 0.2) is 0 Å². The molecule has 0 fully saturated rings. The second-order valence-electron chi connectivity index (χ2n) is 21.9. The topological polar surface area (TPSA) is 33.5 Å². The normalized spacial score (nSPS) is 13.5. The zero-order chi connectivity index (χ0) is 48.3. The van der Waals surface area contributed by atoms with E-state index in [1.807, 2.05) is 6.20 Å². The number of benzene rings is 7. The predicted octanol–water partition coefficient (Wildman–Crippen LogP) is 16.6. The SMILES string of the molecule is CC(C)(C)c1cc(Oc2cc(C(C)(C)c3ccccc3)c3c4ccccc4n(-c4cc(C(C)(C)C)ccn4)c3c2)cc(N2C=CN(c3cc(-c4ccccc4)cc(C(C)(C)c4ccccc4)c3)C2)c1. The maximum Gasteiger partial charge on any atom is 0.137 e. The molecule has 0 radical (unpaired) electrons. The molecule has 10 rings (SSSR count). The van der Waals surface area contributed by atoms with Crippen LogP contribution < -0.4 is 14.5 Å². The van der Waals surface area contributed by atoms with Gasteiger partial charge in [-0.15, -0.1) is 0 Å². The number of fused-ring (bicyclic) bond motifs is 3. The summed E-state index contributed by atoms with van der Waals surface area (Å²) in [6, 6.07) is 63.8. The Morgan fingerprint density at radius 3 is 1.65 bits per heavy atom. The number of aromatic nitrogens is 2. The highest BCUT2D eigenvalue weighted by Crippen LogP contribution is 2.46. The molecule has 7 aromatic carbocycles. The monoisotopic (exact) mass is 905 g/mol. The molecule has 5 nitrogen and oxygen atoms in total. The van der Waals surface area contributed by atoms with E-state index in [-0.39, 0.29) is 21.7 Å². The first kappa shape index (κ1) is 45.4. The molecule has 0 N–H and O–H groups in total. The van der Waals surface area contributed by atoms with Gasteiger partial charge in [0.1, 0.15) is 17.3 Å². The first-order chi connectivity index (χ1) is 32.9. The van der Waals surface area contributed by atoms with E-state index in [9.17, 15) is 0 Å². The molecule has 1 aliphatic heterocycles. The van der Waals surface area contributed by atoms with Crippen LogP contribution >= 0.6 is 0 Å². The summed E-state index contributed by atoms with van der Waals surface area (Å²) in [4.78, 5) is 9.73. The lowest BCUT2D eigenvalue weighted by molar-refractivity contribution is 0.477. The van der Waals surface area contributed by atoms with Crippen LogP contribution in [-0.2, 0) is 21.7 Å². The summed E-state index contributed by atoms with van der Waals surface area (Å²) in [5, 5.41) is 2.39. The summed E-state index contributed by atoms with van der Waals surface area (Å²) in [7, 11) is 0. The van der Waals surface area contributed by atoms with Gasteiger partial charge >= 0.3 is 0 Å². The van der Waals surface area contributed by atoms with E-state index >= 15 is 0 Å². The maximum absolute atomic E-state index is 7.23. The van der Waals surface area contributed by atoms with Gasteiger partial charge < -0.3 is 14.5 Å². The highest BCUT2D eigenvalue weighted by molar-refractivity contribution is 6.11. The minimum atomic E-state index is -0.370. The zero-order valence-electron chi connectivity index (χ0n) is 41.9. The molecule has 0 bridgehead atoms. The van der Waals surface area contributed by atoms with E-state index in [4.69, 9.17) is 9.72 Å². The van der Waals surface area contributed by atoms with Crippen molar-refractivity contribution in [2.75, 3.05) is 16.5 Å². The van der Waals surface area contributed by atoms with Gasteiger partial charge in [0.05, 0.1) is 17.7 Å². The lowest BCUT2D eigenvalue weighted by Gasteiger charge is -2.30. The number of para-hydroxylation sites is 1. The van der Waals surface area contributed by atoms with Crippen molar-refractivity contribution in [3.05, 3.63) is 228 Å². The highest BCUT2D eigenvalue weighted by Gasteiger charge is 2.31. The van der Waals surface area contributed by atoms with Crippen LogP contribution in [0.4, 0.5) is 11.4 Å². The van der Waals surface area contributed by atoms with Crippen LogP contribution in [0.1, 0.15) is 103 Å². The van der Waals surface area contributed by atoms with E-state index < -0.39 is 0 Å². The van der Waals surface area contributed by atoms with Crippen molar-refractivity contribution in [2.45, 2.75) is 90.9 Å². The summed E-state index contributed by atoms with van der Waals surface area (Å²) < 4.78 is 9.56. The Kier molecular flexibility index (Phi) is 11.4. The van der Waals surface area contributed by atoms with E-state index in [1.165, 1.54) is 55.3 Å². The van der Waals surface area contributed by atoms with Crippen molar-refractivity contribution < 1.29 is 4.74 Å². The van der Waals surface area contributed by atoms with Crippen molar-refractivity contribution in [2.24, 2.45) is 0 Å². The average Bonchev–Trinajstić information content (AvgIpc) is 3.98. The molecule has 0 amide bonds. The zero-order valence-corrected chi connectivity index (χ0v) is 41.9. The van der Waals surface area contributed by atoms with Gasteiger partial charge in [-0.25, -0.2) is 4.98 Å². The lowest BCUT2D eigenvalue weighted by Crippen LogP contribution is -2.26. The third-order valence-electron chi connectivity index (χ3n) is 14.4. The van der Waals surface area contributed by atoms with Gasteiger partial charge in [-0.05, 0) is 104 Å². The van der Waals surface area contributed by atoms with Crippen LogP contribution in [0.2, 0.25) is 0 Å². The molecular formula is C64H64N4O. The number of anilines is 2. The summed E-state index contributed by atoms with van der Waals surface area (Å²) in [6.07, 6.45) is 6.36. The van der Waals surface area contributed by atoms with Crippen LogP contribution in [0, 0.1) is 0 Å². The number of hydrogen-bond donors (Lipinski definition) is 0. The average molecular weight is 905 g/mol. The lowest BCUT2D eigenvalue weighted by atomic mass is 9.76. The Labute approximate surface area is 409 Å². The Morgan fingerprint density at radius 2 is 1.00 bits per heavy atom. The van der Waals surface area contributed by atoms with Crippen LogP contribution in [0.15, 0.2) is 195 Å². The standard InChI is InChI=1S/C64H64N4O/c1-61(2,3)48-30-31-65-59(39-48)68-57-29-21-20-28-55(57)60-56(64(9,10)47-26-18-13-19-27-47)41-54(42-58(60)68)69-53-38-49(62(4,5)6)36-52(40-53)67-33-32-66(43-67)51-35-45(44-22-14-11-15-23-44)34-50(37-51)63(7,8)46-24-16-12-17-25-46/h11-42H,43H2,1-10H3. The number of pyridine rings is 1. The molecular weight excluding hydrogens is 841 g/mol. The van der Waals surface area contributed by atoms with Gasteiger partial charge in [0.2, 0.25) is 0 Å². The maximum atomic E-state index is 7.23. The fourth-order valence-electron chi connectivity index (χ4n) is 9.97. The Hall–Kier alpha value is -7.37. The van der Waals surface area contributed by atoms with E-state index in [0.29, 0.717) is 6.67 Å². The number of nitrogens with zero attached hydrogens (tertiary/aromatic N) is 4. The molecule has 69 heavy (non-hydrogen) atoms. The molecule has 0 spiro atoms. The minimum Gasteiger partial charge on any atom is -0.457 e.